The third kappa shape index (κ3) is 7.23. The molecule has 1 amide bonds. The number of imidazole rings is 1. The molecule has 3 N–H and O–H groups in total. The van der Waals surface area contributed by atoms with Gasteiger partial charge >= 0.3 is 12.1 Å². The first-order valence-electron chi connectivity index (χ1n) is 11.1. The first-order valence-corrected chi connectivity index (χ1v) is 11.1. The Labute approximate surface area is 210 Å². The minimum Gasteiger partial charge on any atom is -0.475 e. The highest BCUT2D eigenvalue weighted by Gasteiger charge is 2.38. The highest BCUT2D eigenvalue weighted by Crippen LogP contribution is 2.24. The SMILES string of the molecule is Cc1nc(-c2cc(-c3cncc(C(=O)N[C@@H](C)c4ccccc4)c3)ccn2)[nH]c1C.O=C(O)C(F)(F)F. The molecule has 0 saturated carbocycles. The molecule has 11 heteroatoms. The maximum absolute atomic E-state index is 12.8. The number of aryl methyl sites for hydroxylation is 2. The average molecular weight is 512 g/mol. The number of amides is 1. The summed E-state index contributed by atoms with van der Waals surface area (Å²) in [5.41, 5.74) is 6.05. The van der Waals surface area contributed by atoms with Crippen molar-refractivity contribution in [2.45, 2.75) is 33.0 Å². The van der Waals surface area contributed by atoms with Gasteiger partial charge in [0, 0.05) is 29.8 Å². The number of H-pyrrole nitrogens is 1. The molecule has 0 unspecified atom stereocenters. The molecule has 0 aliphatic rings. The highest BCUT2D eigenvalue weighted by molar-refractivity contribution is 5.95. The van der Waals surface area contributed by atoms with Crippen molar-refractivity contribution < 1.29 is 27.9 Å². The second-order valence-corrected chi connectivity index (χ2v) is 8.10. The Morgan fingerprint density at radius 2 is 1.70 bits per heavy atom. The minimum atomic E-state index is -5.08. The number of carboxylic acids is 1. The topological polar surface area (TPSA) is 121 Å². The van der Waals surface area contributed by atoms with Crippen molar-refractivity contribution in [3.05, 3.63) is 89.6 Å². The van der Waals surface area contributed by atoms with Gasteiger partial charge in [-0.1, -0.05) is 30.3 Å². The summed E-state index contributed by atoms with van der Waals surface area (Å²) in [5.74, 6) is -2.19. The van der Waals surface area contributed by atoms with Crippen LogP contribution in [0.15, 0.2) is 67.1 Å². The van der Waals surface area contributed by atoms with Crippen molar-refractivity contribution in [3.8, 4) is 22.6 Å². The number of carboxylic acid groups (broad SMARTS) is 1. The molecule has 1 aromatic carbocycles. The molecule has 8 nitrogen and oxygen atoms in total. The van der Waals surface area contributed by atoms with E-state index in [0.29, 0.717) is 5.56 Å². The standard InChI is InChI=1S/C24H23N5O.C2HF3O2/c1-15-16(2)28-23(27-15)22-12-19(9-10-26-22)20-11-21(14-25-13-20)24(30)29-17(3)18-7-5-4-6-8-18;3-2(4,5)1(6)7/h4-14,17H,1-3H3,(H,27,28)(H,29,30);(H,6,7)/t17-;/m0./s1. The van der Waals surface area contributed by atoms with Gasteiger partial charge in [0.1, 0.15) is 5.69 Å². The minimum absolute atomic E-state index is 0.0969. The van der Waals surface area contributed by atoms with E-state index in [9.17, 15) is 18.0 Å². The second-order valence-electron chi connectivity index (χ2n) is 8.10. The predicted octanol–water partition coefficient (Wildman–Crippen LogP) is 5.27. The van der Waals surface area contributed by atoms with Crippen LogP contribution in [0.3, 0.4) is 0 Å². The summed E-state index contributed by atoms with van der Waals surface area (Å²) >= 11 is 0. The molecule has 0 spiro atoms. The average Bonchev–Trinajstić information content (AvgIpc) is 3.22. The van der Waals surface area contributed by atoms with Gasteiger partial charge in [0.05, 0.1) is 17.3 Å². The maximum atomic E-state index is 12.8. The largest absolute Gasteiger partial charge is 0.490 e. The van der Waals surface area contributed by atoms with Crippen molar-refractivity contribution in [1.82, 2.24) is 25.3 Å². The number of aromatic amines is 1. The molecule has 0 bridgehead atoms. The number of alkyl halides is 3. The Bertz CT molecular complexity index is 1370. The zero-order valence-corrected chi connectivity index (χ0v) is 20.2. The van der Waals surface area contributed by atoms with Gasteiger partial charge in [0.2, 0.25) is 0 Å². The number of hydrogen-bond acceptors (Lipinski definition) is 5. The number of carbonyl (C=O) groups is 2. The number of benzene rings is 1. The summed E-state index contributed by atoms with van der Waals surface area (Å²) in [6.45, 7) is 5.91. The molecule has 0 radical (unpaired) electrons. The normalized spacial score (nSPS) is 11.7. The molecule has 0 saturated heterocycles. The number of pyridine rings is 2. The van der Waals surface area contributed by atoms with Crippen LogP contribution in [0, 0.1) is 13.8 Å². The third-order valence-corrected chi connectivity index (χ3v) is 5.35. The fourth-order valence-corrected chi connectivity index (χ4v) is 3.24. The number of carbonyl (C=O) groups excluding carboxylic acids is 1. The maximum Gasteiger partial charge on any atom is 0.490 e. The van der Waals surface area contributed by atoms with Crippen molar-refractivity contribution in [3.63, 3.8) is 0 Å². The predicted molar refractivity (Wildman–Crippen MR) is 131 cm³/mol. The fraction of sp³-hybridized carbons (Fsp3) is 0.192. The number of nitrogens with zero attached hydrogens (tertiary/aromatic N) is 3. The van der Waals surface area contributed by atoms with Gasteiger partial charge in [-0.15, -0.1) is 0 Å². The van der Waals surface area contributed by atoms with E-state index >= 15 is 0 Å². The van der Waals surface area contributed by atoms with Crippen LogP contribution in [-0.4, -0.2) is 43.1 Å². The first-order chi connectivity index (χ1) is 17.5. The van der Waals surface area contributed by atoms with Crippen molar-refractivity contribution in [2.24, 2.45) is 0 Å². The van der Waals surface area contributed by atoms with Gasteiger partial charge in [0.25, 0.3) is 5.91 Å². The zero-order valence-electron chi connectivity index (χ0n) is 20.2. The third-order valence-electron chi connectivity index (χ3n) is 5.35. The van der Waals surface area contributed by atoms with Crippen LogP contribution in [0.25, 0.3) is 22.6 Å². The summed E-state index contributed by atoms with van der Waals surface area (Å²) in [7, 11) is 0. The summed E-state index contributed by atoms with van der Waals surface area (Å²) in [5, 5.41) is 10.2. The molecule has 4 aromatic rings. The van der Waals surface area contributed by atoms with E-state index in [1.54, 1.807) is 18.6 Å². The second kappa shape index (κ2) is 11.5. The Balaban J connectivity index is 0.000000479. The van der Waals surface area contributed by atoms with Gasteiger partial charge < -0.3 is 15.4 Å². The number of halogens is 3. The smallest absolute Gasteiger partial charge is 0.475 e. The summed E-state index contributed by atoms with van der Waals surface area (Å²) in [6, 6.07) is 15.5. The summed E-state index contributed by atoms with van der Waals surface area (Å²) < 4.78 is 31.7. The summed E-state index contributed by atoms with van der Waals surface area (Å²) in [6.07, 6.45) is -0.0187. The Hall–Kier alpha value is -4.54. The van der Waals surface area contributed by atoms with Crippen LogP contribution < -0.4 is 5.32 Å². The molecule has 192 valence electrons. The fourth-order valence-electron chi connectivity index (χ4n) is 3.24. The van der Waals surface area contributed by atoms with Crippen LogP contribution in [0.4, 0.5) is 13.2 Å². The highest BCUT2D eigenvalue weighted by atomic mass is 19.4. The quantitative estimate of drug-likeness (QED) is 0.336. The lowest BCUT2D eigenvalue weighted by Gasteiger charge is -2.14. The van der Waals surface area contributed by atoms with Crippen molar-refractivity contribution in [1.29, 1.82) is 0 Å². The van der Waals surface area contributed by atoms with Crippen LogP contribution in [-0.2, 0) is 4.79 Å². The Morgan fingerprint density at radius 3 is 2.30 bits per heavy atom. The molecule has 3 heterocycles. The van der Waals surface area contributed by atoms with E-state index in [0.717, 1.165) is 39.6 Å². The Kier molecular flexibility index (Phi) is 8.38. The van der Waals surface area contributed by atoms with E-state index in [4.69, 9.17) is 9.90 Å². The number of aliphatic carboxylic acids is 1. The van der Waals surface area contributed by atoms with Gasteiger partial charge in [-0.25, -0.2) is 9.78 Å². The molecule has 3 aromatic heterocycles. The van der Waals surface area contributed by atoms with Crippen LogP contribution >= 0.6 is 0 Å². The first kappa shape index (κ1) is 27.1. The summed E-state index contributed by atoms with van der Waals surface area (Å²) in [4.78, 5) is 38.1. The number of aromatic nitrogens is 4. The molecule has 0 fully saturated rings. The van der Waals surface area contributed by atoms with E-state index in [-0.39, 0.29) is 11.9 Å². The molecule has 37 heavy (non-hydrogen) atoms. The van der Waals surface area contributed by atoms with E-state index in [2.05, 4.69) is 25.3 Å². The molecule has 1 atom stereocenters. The molecular formula is C26H24F3N5O3. The van der Waals surface area contributed by atoms with Crippen LogP contribution in [0.5, 0.6) is 0 Å². The van der Waals surface area contributed by atoms with E-state index in [1.807, 2.05) is 69.3 Å². The van der Waals surface area contributed by atoms with Gasteiger partial charge in [-0.05, 0) is 50.1 Å². The van der Waals surface area contributed by atoms with Gasteiger partial charge in [-0.2, -0.15) is 13.2 Å². The van der Waals surface area contributed by atoms with Crippen LogP contribution in [0.1, 0.15) is 40.3 Å². The molecule has 0 aliphatic carbocycles. The zero-order chi connectivity index (χ0) is 27.2. The van der Waals surface area contributed by atoms with E-state index < -0.39 is 12.1 Å². The lowest BCUT2D eigenvalue weighted by molar-refractivity contribution is -0.192. The van der Waals surface area contributed by atoms with Crippen LogP contribution in [0.2, 0.25) is 0 Å². The lowest BCUT2D eigenvalue weighted by Crippen LogP contribution is -2.26. The van der Waals surface area contributed by atoms with Gasteiger partial charge in [-0.3, -0.25) is 14.8 Å². The number of rotatable bonds is 5. The number of nitrogens with one attached hydrogen (secondary N) is 2. The number of hydrogen-bond donors (Lipinski definition) is 3. The molecule has 4 rings (SSSR count). The van der Waals surface area contributed by atoms with E-state index in [1.165, 1.54) is 0 Å². The van der Waals surface area contributed by atoms with Crippen molar-refractivity contribution >= 4 is 11.9 Å². The molecule has 0 aliphatic heterocycles. The van der Waals surface area contributed by atoms with Gasteiger partial charge in [0.15, 0.2) is 5.82 Å². The molecular weight excluding hydrogens is 487 g/mol. The monoisotopic (exact) mass is 511 g/mol. The Morgan fingerprint density at radius 1 is 1.03 bits per heavy atom. The van der Waals surface area contributed by atoms with Crippen molar-refractivity contribution in [2.75, 3.05) is 0 Å². The lowest BCUT2D eigenvalue weighted by atomic mass is 10.0.